The quantitative estimate of drug-likeness (QED) is 0.909. The van der Waals surface area contributed by atoms with Crippen molar-refractivity contribution in [3.63, 3.8) is 0 Å². The highest BCUT2D eigenvalue weighted by Crippen LogP contribution is 2.31. The Bertz CT molecular complexity index is 800. The van der Waals surface area contributed by atoms with E-state index in [0.717, 1.165) is 12.0 Å². The Labute approximate surface area is 140 Å². The third-order valence-corrected chi connectivity index (χ3v) is 4.55. The van der Waals surface area contributed by atoms with Crippen molar-refractivity contribution in [1.29, 1.82) is 0 Å². The summed E-state index contributed by atoms with van der Waals surface area (Å²) >= 11 is 0. The lowest BCUT2D eigenvalue weighted by Crippen LogP contribution is -2.28. The number of likely N-dealkylation sites (tertiary alicyclic amines) is 1. The minimum atomic E-state index is -0.940. The molecule has 3 rings (SSSR count). The van der Waals surface area contributed by atoms with E-state index in [1.807, 2.05) is 12.1 Å². The Hall–Kier alpha value is -2.82. The summed E-state index contributed by atoms with van der Waals surface area (Å²) in [6.07, 6.45) is 0.743. The number of amides is 1. The fourth-order valence-electron chi connectivity index (χ4n) is 3.22. The summed E-state index contributed by atoms with van der Waals surface area (Å²) in [5.41, 5.74) is 2.28. The van der Waals surface area contributed by atoms with Crippen LogP contribution in [0.3, 0.4) is 0 Å². The number of nitrogens with zero attached hydrogens (tertiary/aromatic N) is 1. The molecular formula is C19H19NO4. The van der Waals surface area contributed by atoms with E-state index in [2.05, 4.69) is 0 Å². The van der Waals surface area contributed by atoms with E-state index in [4.69, 9.17) is 0 Å². The molecule has 0 bridgehead atoms. The number of carboxylic acid groups (broad SMARTS) is 1. The molecule has 2 N–H and O–H groups in total. The lowest BCUT2D eigenvalue weighted by atomic mass is 9.93. The van der Waals surface area contributed by atoms with Gasteiger partial charge in [0.05, 0.1) is 5.56 Å². The normalized spacial score (nSPS) is 17.0. The van der Waals surface area contributed by atoms with E-state index in [1.165, 1.54) is 6.07 Å². The number of rotatable bonds is 3. The third kappa shape index (κ3) is 2.97. The molecule has 1 aliphatic heterocycles. The molecule has 0 aliphatic carbocycles. The second-order valence-corrected chi connectivity index (χ2v) is 6.13. The van der Waals surface area contributed by atoms with E-state index in [-0.39, 0.29) is 17.6 Å². The van der Waals surface area contributed by atoms with Crippen LogP contribution in [0, 0.1) is 6.92 Å². The number of carboxylic acids is 1. The van der Waals surface area contributed by atoms with Gasteiger partial charge in [0.25, 0.3) is 5.91 Å². The van der Waals surface area contributed by atoms with Crippen molar-refractivity contribution in [3.8, 4) is 5.75 Å². The SMILES string of the molecule is Cc1cc(C(=O)N2CCC(c3ccccc3C(=O)O)C2)ccc1O. The predicted molar refractivity (Wildman–Crippen MR) is 89.5 cm³/mol. The zero-order valence-electron chi connectivity index (χ0n) is 13.4. The van der Waals surface area contributed by atoms with Crippen molar-refractivity contribution < 1.29 is 19.8 Å². The standard InChI is InChI=1S/C19H19NO4/c1-12-10-13(6-7-17(12)21)18(22)20-9-8-14(11-20)15-4-2-3-5-16(15)19(23)24/h2-7,10,14,21H,8-9,11H2,1H3,(H,23,24). The fraction of sp³-hybridized carbons (Fsp3) is 0.263. The van der Waals surface area contributed by atoms with Gasteiger partial charge in [-0.3, -0.25) is 4.79 Å². The second-order valence-electron chi connectivity index (χ2n) is 6.13. The van der Waals surface area contributed by atoms with E-state index in [1.54, 1.807) is 36.1 Å². The maximum absolute atomic E-state index is 12.6. The molecule has 124 valence electrons. The Morgan fingerprint density at radius 2 is 1.92 bits per heavy atom. The predicted octanol–water partition coefficient (Wildman–Crippen LogP) is 3.03. The van der Waals surface area contributed by atoms with Crippen molar-refractivity contribution >= 4 is 11.9 Å². The number of aromatic carboxylic acids is 1. The minimum absolute atomic E-state index is 0.0273. The van der Waals surface area contributed by atoms with Gasteiger partial charge in [-0.1, -0.05) is 18.2 Å². The maximum atomic E-state index is 12.6. The van der Waals surface area contributed by atoms with Gasteiger partial charge in [-0.15, -0.1) is 0 Å². The van der Waals surface area contributed by atoms with Gasteiger partial charge in [0, 0.05) is 24.6 Å². The molecule has 2 aromatic carbocycles. The van der Waals surface area contributed by atoms with Crippen molar-refractivity contribution in [2.75, 3.05) is 13.1 Å². The topological polar surface area (TPSA) is 77.8 Å². The van der Waals surface area contributed by atoms with Crippen LogP contribution in [0.4, 0.5) is 0 Å². The van der Waals surface area contributed by atoms with Gasteiger partial charge < -0.3 is 15.1 Å². The van der Waals surface area contributed by atoms with Crippen molar-refractivity contribution in [2.45, 2.75) is 19.3 Å². The van der Waals surface area contributed by atoms with E-state index < -0.39 is 5.97 Å². The molecule has 5 heteroatoms. The first-order valence-electron chi connectivity index (χ1n) is 7.88. The molecule has 0 spiro atoms. The molecule has 1 heterocycles. The Morgan fingerprint density at radius 3 is 2.62 bits per heavy atom. The highest BCUT2D eigenvalue weighted by Gasteiger charge is 2.30. The third-order valence-electron chi connectivity index (χ3n) is 4.55. The van der Waals surface area contributed by atoms with Crippen LogP contribution in [-0.2, 0) is 0 Å². The van der Waals surface area contributed by atoms with Gasteiger partial charge in [0.1, 0.15) is 5.75 Å². The molecule has 24 heavy (non-hydrogen) atoms. The smallest absolute Gasteiger partial charge is 0.335 e. The molecule has 5 nitrogen and oxygen atoms in total. The summed E-state index contributed by atoms with van der Waals surface area (Å²) in [7, 11) is 0. The van der Waals surface area contributed by atoms with Crippen molar-refractivity contribution in [1.82, 2.24) is 4.90 Å². The van der Waals surface area contributed by atoms with Crippen LogP contribution < -0.4 is 0 Å². The van der Waals surface area contributed by atoms with Gasteiger partial charge >= 0.3 is 5.97 Å². The number of phenols is 1. The first-order valence-corrected chi connectivity index (χ1v) is 7.88. The number of hydrogen-bond acceptors (Lipinski definition) is 3. The number of aromatic hydroxyl groups is 1. The maximum Gasteiger partial charge on any atom is 0.335 e. The molecule has 1 saturated heterocycles. The van der Waals surface area contributed by atoms with Crippen LogP contribution in [0.1, 0.15) is 44.2 Å². The molecule has 1 amide bonds. The molecule has 0 aromatic heterocycles. The Kier molecular flexibility index (Phi) is 4.25. The monoisotopic (exact) mass is 325 g/mol. The molecular weight excluding hydrogens is 306 g/mol. The van der Waals surface area contributed by atoms with Gasteiger partial charge in [-0.25, -0.2) is 4.79 Å². The van der Waals surface area contributed by atoms with Gasteiger partial charge in [-0.2, -0.15) is 0 Å². The van der Waals surface area contributed by atoms with Gasteiger partial charge in [-0.05, 0) is 48.7 Å². The number of phenolic OH excluding ortho intramolecular Hbond substituents is 1. The van der Waals surface area contributed by atoms with Crippen molar-refractivity contribution in [3.05, 3.63) is 64.7 Å². The van der Waals surface area contributed by atoms with Crippen LogP contribution in [0.2, 0.25) is 0 Å². The van der Waals surface area contributed by atoms with Gasteiger partial charge in [0.15, 0.2) is 0 Å². The van der Waals surface area contributed by atoms with E-state index in [0.29, 0.717) is 29.8 Å². The lowest BCUT2D eigenvalue weighted by Gasteiger charge is -2.18. The molecule has 0 saturated carbocycles. The molecule has 1 aliphatic rings. The minimum Gasteiger partial charge on any atom is -0.508 e. The molecule has 1 fully saturated rings. The first-order chi connectivity index (χ1) is 11.5. The molecule has 0 radical (unpaired) electrons. The molecule has 1 unspecified atom stereocenters. The number of hydrogen-bond donors (Lipinski definition) is 2. The zero-order valence-corrected chi connectivity index (χ0v) is 13.4. The Balaban J connectivity index is 1.79. The van der Waals surface area contributed by atoms with Crippen molar-refractivity contribution in [2.24, 2.45) is 0 Å². The van der Waals surface area contributed by atoms with E-state index in [9.17, 15) is 19.8 Å². The summed E-state index contributed by atoms with van der Waals surface area (Å²) < 4.78 is 0. The summed E-state index contributed by atoms with van der Waals surface area (Å²) in [5, 5.41) is 18.9. The first kappa shape index (κ1) is 16.1. The zero-order chi connectivity index (χ0) is 17.3. The average Bonchev–Trinajstić information content (AvgIpc) is 3.06. The molecule has 1 atom stereocenters. The highest BCUT2D eigenvalue weighted by molar-refractivity contribution is 5.95. The molecule has 2 aromatic rings. The summed E-state index contributed by atoms with van der Waals surface area (Å²) in [5.74, 6) is -0.835. The summed E-state index contributed by atoms with van der Waals surface area (Å²) in [4.78, 5) is 25.8. The summed E-state index contributed by atoms with van der Waals surface area (Å²) in [6.45, 7) is 2.85. The Morgan fingerprint density at radius 1 is 1.17 bits per heavy atom. The lowest BCUT2D eigenvalue weighted by molar-refractivity contribution is 0.0695. The summed E-state index contributed by atoms with van der Waals surface area (Å²) in [6, 6.07) is 11.8. The number of carbonyl (C=O) groups excluding carboxylic acids is 1. The van der Waals surface area contributed by atoms with Gasteiger partial charge in [0.2, 0.25) is 0 Å². The van der Waals surface area contributed by atoms with Crippen LogP contribution >= 0.6 is 0 Å². The van der Waals surface area contributed by atoms with Crippen LogP contribution in [0.25, 0.3) is 0 Å². The van der Waals surface area contributed by atoms with E-state index >= 15 is 0 Å². The number of carbonyl (C=O) groups is 2. The number of benzene rings is 2. The fourth-order valence-corrected chi connectivity index (χ4v) is 3.22. The van der Waals surface area contributed by atoms with Crippen LogP contribution in [0.15, 0.2) is 42.5 Å². The largest absolute Gasteiger partial charge is 0.508 e. The average molecular weight is 325 g/mol. The van der Waals surface area contributed by atoms with Crippen LogP contribution in [-0.4, -0.2) is 40.1 Å². The number of aryl methyl sites for hydroxylation is 1. The van der Waals surface area contributed by atoms with Crippen LogP contribution in [0.5, 0.6) is 5.75 Å². The second kappa shape index (κ2) is 6.35. The highest BCUT2D eigenvalue weighted by atomic mass is 16.4.